The van der Waals surface area contributed by atoms with Crippen LogP contribution in [0.3, 0.4) is 0 Å². The fourth-order valence-corrected chi connectivity index (χ4v) is 2.42. The van der Waals surface area contributed by atoms with Crippen LogP contribution in [0.4, 0.5) is 17.1 Å². The lowest BCUT2D eigenvalue weighted by molar-refractivity contribution is -0.384. The van der Waals surface area contributed by atoms with Crippen LogP contribution in [0.1, 0.15) is 17.2 Å². The van der Waals surface area contributed by atoms with Gasteiger partial charge in [0.15, 0.2) is 0 Å². The zero-order valence-electron chi connectivity index (χ0n) is 15.8. The third-order valence-corrected chi connectivity index (χ3v) is 4.14. The maximum atomic E-state index is 12.0. The average molecular weight is 386 g/mol. The number of hydrogen-bond donors (Lipinski definition) is 3. The maximum absolute atomic E-state index is 12.0. The molecule has 148 valence electrons. The fraction of sp³-hybridized carbons (Fsp3) is 0.263. The van der Waals surface area contributed by atoms with E-state index in [9.17, 15) is 24.8 Å². The monoisotopic (exact) mass is 386 g/mol. The summed E-state index contributed by atoms with van der Waals surface area (Å²) in [6, 6.07) is 11.1. The highest BCUT2D eigenvalue weighted by molar-refractivity contribution is 6.39. The summed E-state index contributed by atoms with van der Waals surface area (Å²) >= 11 is 0. The summed E-state index contributed by atoms with van der Waals surface area (Å²) in [5.74, 6) is -1.92. The lowest BCUT2D eigenvalue weighted by Crippen LogP contribution is -2.37. The van der Waals surface area contributed by atoms with E-state index in [1.165, 1.54) is 18.2 Å². The van der Waals surface area contributed by atoms with Crippen LogP contribution in [-0.2, 0) is 9.59 Å². The highest BCUT2D eigenvalue weighted by Crippen LogP contribution is 2.22. The summed E-state index contributed by atoms with van der Waals surface area (Å²) in [4.78, 5) is 36.2. The smallest absolute Gasteiger partial charge is 0.313 e. The first-order chi connectivity index (χ1) is 13.2. The number of benzene rings is 2. The maximum Gasteiger partial charge on any atom is 0.313 e. The Balaban J connectivity index is 1.94. The van der Waals surface area contributed by atoms with Crippen molar-refractivity contribution >= 4 is 28.9 Å². The van der Waals surface area contributed by atoms with E-state index in [2.05, 4.69) is 10.6 Å². The number of amides is 2. The van der Waals surface area contributed by atoms with Gasteiger partial charge in [0.1, 0.15) is 0 Å². The van der Waals surface area contributed by atoms with Crippen LogP contribution in [0.5, 0.6) is 0 Å². The summed E-state index contributed by atoms with van der Waals surface area (Å²) in [6.07, 6.45) is -0.979. The van der Waals surface area contributed by atoms with Crippen molar-refractivity contribution in [3.05, 3.63) is 63.7 Å². The lowest BCUT2D eigenvalue weighted by Gasteiger charge is -2.15. The summed E-state index contributed by atoms with van der Waals surface area (Å²) < 4.78 is 0. The molecule has 2 aromatic carbocycles. The van der Waals surface area contributed by atoms with Gasteiger partial charge in [-0.25, -0.2) is 0 Å². The number of carbonyl (C=O) groups is 2. The molecule has 2 rings (SSSR count). The second-order valence-electron chi connectivity index (χ2n) is 6.42. The normalized spacial score (nSPS) is 11.4. The predicted octanol–water partition coefficient (Wildman–Crippen LogP) is 1.76. The molecule has 0 aliphatic heterocycles. The van der Waals surface area contributed by atoms with Crippen LogP contribution >= 0.6 is 0 Å². The third-order valence-electron chi connectivity index (χ3n) is 4.14. The van der Waals surface area contributed by atoms with Crippen molar-refractivity contribution in [1.29, 1.82) is 0 Å². The second-order valence-corrected chi connectivity index (χ2v) is 6.42. The second kappa shape index (κ2) is 8.96. The van der Waals surface area contributed by atoms with Crippen LogP contribution in [-0.4, -0.2) is 42.5 Å². The summed E-state index contributed by atoms with van der Waals surface area (Å²) in [7, 11) is 3.79. The molecule has 28 heavy (non-hydrogen) atoms. The molecule has 0 saturated carbocycles. The summed E-state index contributed by atoms with van der Waals surface area (Å²) in [5, 5.41) is 25.7. The fourth-order valence-electron chi connectivity index (χ4n) is 2.42. The molecule has 0 aliphatic rings. The number of nitro benzene ring substituents is 1. The first-order valence-electron chi connectivity index (χ1n) is 8.48. The number of non-ortho nitro benzene ring substituents is 1. The summed E-state index contributed by atoms with van der Waals surface area (Å²) in [5.41, 5.74) is 2.12. The number of rotatable bonds is 6. The molecule has 0 radical (unpaired) electrons. The zero-order chi connectivity index (χ0) is 20.8. The Bertz CT molecular complexity index is 880. The van der Waals surface area contributed by atoms with E-state index < -0.39 is 22.8 Å². The van der Waals surface area contributed by atoms with Gasteiger partial charge in [-0.05, 0) is 30.2 Å². The zero-order valence-corrected chi connectivity index (χ0v) is 15.8. The van der Waals surface area contributed by atoms with Crippen LogP contribution in [0, 0.1) is 17.0 Å². The lowest BCUT2D eigenvalue weighted by atomic mass is 10.1. The van der Waals surface area contributed by atoms with Crippen molar-refractivity contribution < 1.29 is 19.6 Å². The molecule has 0 heterocycles. The number of nitrogens with one attached hydrogen (secondary N) is 2. The highest BCUT2D eigenvalue weighted by Gasteiger charge is 2.18. The first-order valence-corrected chi connectivity index (χ1v) is 8.48. The number of hydrogen-bond acceptors (Lipinski definition) is 6. The number of aliphatic hydroxyl groups excluding tert-OH is 1. The van der Waals surface area contributed by atoms with Crippen LogP contribution in [0.2, 0.25) is 0 Å². The van der Waals surface area contributed by atoms with Crippen molar-refractivity contribution in [2.24, 2.45) is 0 Å². The van der Waals surface area contributed by atoms with Gasteiger partial charge in [0.05, 0.1) is 16.7 Å². The van der Waals surface area contributed by atoms with Gasteiger partial charge in [0.25, 0.3) is 5.69 Å². The Kier molecular flexibility index (Phi) is 6.67. The van der Waals surface area contributed by atoms with Crippen molar-refractivity contribution in [3.8, 4) is 0 Å². The van der Waals surface area contributed by atoms with Gasteiger partial charge in [-0.1, -0.05) is 18.2 Å². The molecule has 0 aliphatic carbocycles. The van der Waals surface area contributed by atoms with Crippen LogP contribution in [0.15, 0.2) is 42.5 Å². The molecular formula is C19H22N4O5. The molecule has 0 fully saturated rings. The van der Waals surface area contributed by atoms with Crippen molar-refractivity contribution in [2.45, 2.75) is 13.0 Å². The van der Waals surface area contributed by atoms with Crippen LogP contribution < -0.4 is 15.5 Å². The van der Waals surface area contributed by atoms with E-state index in [-0.39, 0.29) is 17.9 Å². The van der Waals surface area contributed by atoms with E-state index in [4.69, 9.17) is 0 Å². The van der Waals surface area contributed by atoms with Gasteiger partial charge in [-0.2, -0.15) is 0 Å². The van der Waals surface area contributed by atoms with Crippen molar-refractivity contribution in [3.63, 3.8) is 0 Å². The summed E-state index contributed by atoms with van der Waals surface area (Å²) in [6.45, 7) is 1.50. The van der Waals surface area contributed by atoms with E-state index in [1.807, 2.05) is 31.1 Å². The van der Waals surface area contributed by atoms with Gasteiger partial charge in [-0.3, -0.25) is 19.7 Å². The predicted molar refractivity (Wildman–Crippen MR) is 105 cm³/mol. The largest absolute Gasteiger partial charge is 0.387 e. The van der Waals surface area contributed by atoms with E-state index in [1.54, 1.807) is 19.1 Å². The average Bonchev–Trinajstić information content (AvgIpc) is 2.67. The van der Waals surface area contributed by atoms with Gasteiger partial charge < -0.3 is 20.6 Å². The highest BCUT2D eigenvalue weighted by atomic mass is 16.6. The first kappa shape index (κ1) is 20.8. The van der Waals surface area contributed by atoms with Gasteiger partial charge in [0.2, 0.25) is 0 Å². The Morgan fingerprint density at radius 3 is 2.36 bits per heavy atom. The number of nitro groups is 1. The molecular weight excluding hydrogens is 364 g/mol. The number of nitrogens with zero attached hydrogens (tertiary/aromatic N) is 2. The Labute approximate surface area is 162 Å². The molecule has 0 aromatic heterocycles. The van der Waals surface area contributed by atoms with Crippen molar-refractivity contribution in [2.75, 3.05) is 30.9 Å². The van der Waals surface area contributed by atoms with E-state index >= 15 is 0 Å². The van der Waals surface area contributed by atoms with Crippen LogP contribution in [0.25, 0.3) is 0 Å². The molecule has 2 amide bonds. The molecule has 0 spiro atoms. The molecule has 1 unspecified atom stereocenters. The van der Waals surface area contributed by atoms with E-state index in [0.717, 1.165) is 5.69 Å². The van der Waals surface area contributed by atoms with Crippen molar-refractivity contribution in [1.82, 2.24) is 5.32 Å². The number of aryl methyl sites for hydroxylation is 1. The minimum atomic E-state index is -0.979. The molecule has 9 heteroatoms. The molecule has 3 N–H and O–H groups in total. The topological polar surface area (TPSA) is 125 Å². The van der Waals surface area contributed by atoms with Gasteiger partial charge in [0, 0.05) is 38.5 Å². The molecule has 0 saturated heterocycles. The standard InChI is InChI=1S/C19H22N4O5/c1-12-4-7-15(23(27)28)10-16(12)21-19(26)18(25)20-11-17(24)13-5-8-14(9-6-13)22(2)3/h4-10,17,24H,11H2,1-3H3,(H,20,25)(H,21,26). The Morgan fingerprint density at radius 1 is 1.14 bits per heavy atom. The Hall–Kier alpha value is -3.46. The molecule has 1 atom stereocenters. The number of anilines is 2. The number of carbonyl (C=O) groups excluding carboxylic acids is 2. The van der Waals surface area contributed by atoms with Gasteiger partial charge in [-0.15, -0.1) is 0 Å². The Morgan fingerprint density at radius 2 is 1.79 bits per heavy atom. The molecule has 2 aromatic rings. The number of aliphatic hydroxyl groups is 1. The molecule has 0 bridgehead atoms. The van der Waals surface area contributed by atoms with E-state index in [0.29, 0.717) is 11.1 Å². The third kappa shape index (κ3) is 5.27. The quantitative estimate of drug-likeness (QED) is 0.395. The SMILES string of the molecule is Cc1ccc([N+](=O)[O-])cc1NC(=O)C(=O)NCC(O)c1ccc(N(C)C)cc1. The minimum absolute atomic E-state index is 0.151. The molecule has 9 nitrogen and oxygen atoms in total. The van der Waals surface area contributed by atoms with Gasteiger partial charge >= 0.3 is 11.8 Å². The minimum Gasteiger partial charge on any atom is -0.387 e.